The Morgan fingerprint density at radius 1 is 1.15 bits per heavy atom. The van der Waals surface area contributed by atoms with E-state index < -0.39 is 16.1 Å². The molecule has 0 aliphatic rings. The number of benzene rings is 1. The van der Waals surface area contributed by atoms with Crippen LogP contribution in [-0.4, -0.2) is 8.42 Å². The topological polar surface area (TPSA) is 85.3 Å². The fourth-order valence-electron chi connectivity index (χ4n) is 1.85. The number of nitrogens with two attached hydrogens (primary N) is 1. The average molecular weight is 294 g/mol. The third-order valence-corrected chi connectivity index (χ3v) is 4.57. The maximum atomic E-state index is 12.2. The number of nitrogens with one attached hydrogen (secondary N) is 1. The van der Waals surface area contributed by atoms with E-state index in [1.807, 2.05) is 6.92 Å². The lowest BCUT2D eigenvalue weighted by Crippen LogP contribution is -2.26. The molecule has 0 saturated carbocycles. The van der Waals surface area contributed by atoms with E-state index in [0.717, 1.165) is 5.56 Å². The molecule has 0 aliphatic carbocycles. The van der Waals surface area contributed by atoms with Crippen LogP contribution >= 0.6 is 0 Å². The molecule has 6 heteroatoms. The van der Waals surface area contributed by atoms with Gasteiger partial charge < -0.3 is 10.2 Å². The molecule has 2 rings (SSSR count). The standard InChI is InChI=1S/C14H18N2O3S/c1-10(15)12-5-7-13(8-6-12)20(17,18)16-11(2)14-4-3-9-19-14/h3-11,16H,15H2,1-2H3. The molecule has 0 spiro atoms. The van der Waals surface area contributed by atoms with E-state index in [1.165, 1.54) is 6.26 Å². The van der Waals surface area contributed by atoms with Gasteiger partial charge in [-0.05, 0) is 43.7 Å². The van der Waals surface area contributed by atoms with Gasteiger partial charge in [-0.3, -0.25) is 0 Å². The maximum absolute atomic E-state index is 12.2. The highest BCUT2D eigenvalue weighted by Gasteiger charge is 2.19. The van der Waals surface area contributed by atoms with Crippen LogP contribution in [0.1, 0.15) is 37.3 Å². The Morgan fingerprint density at radius 3 is 2.30 bits per heavy atom. The average Bonchev–Trinajstić information content (AvgIpc) is 2.92. The third-order valence-electron chi connectivity index (χ3n) is 3.02. The minimum atomic E-state index is -3.58. The molecule has 1 aromatic heterocycles. The minimum absolute atomic E-state index is 0.123. The van der Waals surface area contributed by atoms with Crippen molar-refractivity contribution in [3.05, 3.63) is 54.0 Å². The van der Waals surface area contributed by atoms with Crippen molar-refractivity contribution >= 4 is 10.0 Å². The summed E-state index contributed by atoms with van der Waals surface area (Å²) in [6.45, 7) is 3.58. The maximum Gasteiger partial charge on any atom is 0.241 e. The Labute approximate surface area is 118 Å². The van der Waals surface area contributed by atoms with E-state index >= 15 is 0 Å². The summed E-state index contributed by atoms with van der Waals surface area (Å²) in [6.07, 6.45) is 1.51. The summed E-state index contributed by atoms with van der Waals surface area (Å²) in [5, 5.41) is 0. The van der Waals surface area contributed by atoms with Gasteiger partial charge in [-0.2, -0.15) is 0 Å². The van der Waals surface area contributed by atoms with Crippen LogP contribution in [0, 0.1) is 0 Å². The van der Waals surface area contributed by atoms with Crippen LogP contribution in [0.5, 0.6) is 0 Å². The number of hydrogen-bond donors (Lipinski definition) is 2. The summed E-state index contributed by atoms with van der Waals surface area (Å²) in [5.74, 6) is 0.570. The Morgan fingerprint density at radius 2 is 1.80 bits per heavy atom. The second-order valence-corrected chi connectivity index (χ2v) is 6.43. The van der Waals surface area contributed by atoms with Crippen LogP contribution < -0.4 is 10.5 Å². The molecule has 0 bridgehead atoms. The summed E-state index contributed by atoms with van der Waals surface area (Å²) in [7, 11) is -3.58. The Hall–Kier alpha value is -1.63. The molecule has 2 unspecified atom stereocenters. The SMILES string of the molecule is CC(N)c1ccc(S(=O)(=O)NC(C)c2ccco2)cc1. The molecule has 3 N–H and O–H groups in total. The highest BCUT2D eigenvalue weighted by molar-refractivity contribution is 7.89. The first-order valence-corrected chi connectivity index (χ1v) is 7.80. The van der Waals surface area contributed by atoms with Crippen LogP contribution in [0.15, 0.2) is 52.0 Å². The van der Waals surface area contributed by atoms with Gasteiger partial charge in [0.05, 0.1) is 17.2 Å². The molecule has 108 valence electrons. The zero-order chi connectivity index (χ0) is 14.8. The Bertz CT molecular complexity index is 646. The van der Waals surface area contributed by atoms with E-state index in [9.17, 15) is 8.42 Å². The first-order chi connectivity index (χ1) is 9.40. The van der Waals surface area contributed by atoms with Gasteiger partial charge in [-0.1, -0.05) is 12.1 Å². The van der Waals surface area contributed by atoms with Gasteiger partial charge >= 0.3 is 0 Å². The van der Waals surface area contributed by atoms with E-state index in [0.29, 0.717) is 5.76 Å². The molecule has 2 atom stereocenters. The Kier molecular flexibility index (Phi) is 4.27. The number of hydrogen-bond acceptors (Lipinski definition) is 4. The van der Waals surface area contributed by atoms with E-state index in [4.69, 9.17) is 10.2 Å². The van der Waals surface area contributed by atoms with Gasteiger partial charge in [-0.15, -0.1) is 0 Å². The van der Waals surface area contributed by atoms with Gasteiger partial charge in [0, 0.05) is 6.04 Å². The number of furan rings is 1. The van der Waals surface area contributed by atoms with Crippen molar-refractivity contribution < 1.29 is 12.8 Å². The zero-order valence-electron chi connectivity index (χ0n) is 11.4. The van der Waals surface area contributed by atoms with Crippen molar-refractivity contribution in [1.82, 2.24) is 4.72 Å². The summed E-state index contributed by atoms with van der Waals surface area (Å²) in [4.78, 5) is 0.209. The fraction of sp³-hybridized carbons (Fsp3) is 0.286. The molecule has 0 amide bonds. The van der Waals surface area contributed by atoms with Crippen LogP contribution in [0.25, 0.3) is 0 Å². The zero-order valence-corrected chi connectivity index (χ0v) is 12.2. The van der Waals surface area contributed by atoms with Crippen molar-refractivity contribution in [2.24, 2.45) is 5.73 Å². The lowest BCUT2D eigenvalue weighted by molar-refractivity contribution is 0.459. The Balaban J connectivity index is 2.18. The van der Waals surface area contributed by atoms with Gasteiger partial charge in [-0.25, -0.2) is 13.1 Å². The van der Waals surface area contributed by atoms with E-state index in [1.54, 1.807) is 43.3 Å². The molecule has 20 heavy (non-hydrogen) atoms. The number of rotatable bonds is 5. The van der Waals surface area contributed by atoms with Crippen molar-refractivity contribution in [2.45, 2.75) is 30.8 Å². The minimum Gasteiger partial charge on any atom is -0.468 e. The third kappa shape index (κ3) is 3.27. The van der Waals surface area contributed by atoms with Crippen LogP contribution in [0.3, 0.4) is 0 Å². The van der Waals surface area contributed by atoms with Crippen molar-refractivity contribution in [1.29, 1.82) is 0 Å². The fourth-order valence-corrected chi connectivity index (χ4v) is 3.06. The summed E-state index contributed by atoms with van der Waals surface area (Å²) in [5.41, 5.74) is 6.63. The second-order valence-electron chi connectivity index (χ2n) is 4.72. The monoisotopic (exact) mass is 294 g/mol. The van der Waals surface area contributed by atoms with Gasteiger partial charge in [0.15, 0.2) is 0 Å². The molecule has 0 aliphatic heterocycles. The normalized spacial score (nSPS) is 14.9. The highest BCUT2D eigenvalue weighted by atomic mass is 32.2. The molecular weight excluding hydrogens is 276 g/mol. The van der Waals surface area contributed by atoms with Gasteiger partial charge in [0.1, 0.15) is 5.76 Å². The first kappa shape index (κ1) is 14.8. The highest BCUT2D eigenvalue weighted by Crippen LogP contribution is 2.18. The summed E-state index contributed by atoms with van der Waals surface area (Å²) in [6, 6.07) is 9.44. The van der Waals surface area contributed by atoms with E-state index in [-0.39, 0.29) is 10.9 Å². The molecule has 5 nitrogen and oxygen atoms in total. The second kappa shape index (κ2) is 5.78. The van der Waals surface area contributed by atoms with Gasteiger partial charge in [0.25, 0.3) is 0 Å². The predicted octanol–water partition coefficient (Wildman–Crippen LogP) is 2.34. The smallest absolute Gasteiger partial charge is 0.241 e. The lowest BCUT2D eigenvalue weighted by atomic mass is 10.1. The number of sulfonamides is 1. The van der Waals surface area contributed by atoms with Crippen LogP contribution in [0.4, 0.5) is 0 Å². The molecule has 0 fully saturated rings. The van der Waals surface area contributed by atoms with Crippen LogP contribution in [-0.2, 0) is 10.0 Å². The summed E-state index contributed by atoms with van der Waals surface area (Å²) >= 11 is 0. The van der Waals surface area contributed by atoms with Crippen molar-refractivity contribution in [2.75, 3.05) is 0 Å². The molecule has 1 heterocycles. The quantitative estimate of drug-likeness (QED) is 0.886. The predicted molar refractivity (Wildman–Crippen MR) is 76.5 cm³/mol. The van der Waals surface area contributed by atoms with Crippen LogP contribution in [0.2, 0.25) is 0 Å². The summed E-state index contributed by atoms with van der Waals surface area (Å²) < 4.78 is 32.2. The van der Waals surface area contributed by atoms with Gasteiger partial charge in [0.2, 0.25) is 10.0 Å². The lowest BCUT2D eigenvalue weighted by Gasteiger charge is -2.13. The van der Waals surface area contributed by atoms with Crippen molar-refractivity contribution in [3.8, 4) is 0 Å². The largest absolute Gasteiger partial charge is 0.468 e. The molecule has 0 radical (unpaired) electrons. The first-order valence-electron chi connectivity index (χ1n) is 6.31. The van der Waals surface area contributed by atoms with E-state index in [2.05, 4.69) is 4.72 Å². The molecular formula is C14H18N2O3S. The molecule has 1 aromatic carbocycles. The molecule has 0 saturated heterocycles. The molecule has 2 aromatic rings. The van der Waals surface area contributed by atoms with Crippen molar-refractivity contribution in [3.63, 3.8) is 0 Å².